The summed E-state index contributed by atoms with van der Waals surface area (Å²) < 4.78 is 2.01. The smallest absolute Gasteiger partial charge is 0.0865 e. The Morgan fingerprint density at radius 1 is 1.38 bits per heavy atom. The summed E-state index contributed by atoms with van der Waals surface area (Å²) in [6, 6.07) is 8.84. The molecular formula is C16H21ClN4. The van der Waals surface area contributed by atoms with Gasteiger partial charge in [0.25, 0.3) is 0 Å². The Bertz CT molecular complexity index is 650. The van der Waals surface area contributed by atoms with E-state index < -0.39 is 0 Å². The maximum atomic E-state index is 6.46. The van der Waals surface area contributed by atoms with Gasteiger partial charge in [-0.05, 0) is 32.9 Å². The second-order valence-electron chi connectivity index (χ2n) is 5.54. The quantitative estimate of drug-likeness (QED) is 0.939. The fraction of sp³-hybridized carbons (Fsp3) is 0.438. The molecule has 2 heterocycles. The number of anilines is 2. The second-order valence-corrected chi connectivity index (χ2v) is 5.91. The SMILES string of the molecule is CCn1nc(C)c(Cl)c1CN1c2ccccc2NCC1C. The van der Waals surface area contributed by atoms with Crippen molar-refractivity contribution in [3.8, 4) is 0 Å². The Balaban J connectivity index is 1.98. The molecular weight excluding hydrogens is 284 g/mol. The normalized spacial score (nSPS) is 17.5. The lowest BCUT2D eigenvalue weighted by atomic mass is 10.1. The van der Waals surface area contributed by atoms with E-state index >= 15 is 0 Å². The van der Waals surface area contributed by atoms with Crippen LogP contribution in [0.15, 0.2) is 24.3 Å². The molecule has 1 unspecified atom stereocenters. The van der Waals surface area contributed by atoms with Crippen LogP contribution < -0.4 is 10.2 Å². The number of aryl methyl sites for hydroxylation is 2. The first-order valence-electron chi connectivity index (χ1n) is 7.43. The van der Waals surface area contributed by atoms with Gasteiger partial charge in [-0.25, -0.2) is 0 Å². The van der Waals surface area contributed by atoms with Crippen molar-refractivity contribution in [1.29, 1.82) is 0 Å². The summed E-state index contributed by atoms with van der Waals surface area (Å²) in [4.78, 5) is 2.40. The van der Waals surface area contributed by atoms with Crippen molar-refractivity contribution in [3.05, 3.63) is 40.7 Å². The number of aromatic nitrogens is 2. The van der Waals surface area contributed by atoms with Crippen molar-refractivity contribution in [1.82, 2.24) is 9.78 Å². The molecule has 0 spiro atoms. The molecule has 0 fully saturated rings. The van der Waals surface area contributed by atoms with Crippen LogP contribution in [0, 0.1) is 6.92 Å². The Morgan fingerprint density at radius 3 is 2.90 bits per heavy atom. The van der Waals surface area contributed by atoms with Crippen LogP contribution in [0.1, 0.15) is 25.2 Å². The van der Waals surface area contributed by atoms with Gasteiger partial charge >= 0.3 is 0 Å². The molecule has 21 heavy (non-hydrogen) atoms. The van der Waals surface area contributed by atoms with Gasteiger partial charge in [-0.1, -0.05) is 23.7 Å². The molecule has 0 bridgehead atoms. The number of rotatable bonds is 3. The van der Waals surface area contributed by atoms with Gasteiger partial charge in [0.2, 0.25) is 0 Å². The van der Waals surface area contributed by atoms with E-state index in [0.29, 0.717) is 6.04 Å². The fourth-order valence-electron chi connectivity index (χ4n) is 2.90. The minimum Gasteiger partial charge on any atom is -0.381 e. The van der Waals surface area contributed by atoms with E-state index in [0.717, 1.165) is 36.0 Å². The van der Waals surface area contributed by atoms with Crippen molar-refractivity contribution in [3.63, 3.8) is 0 Å². The number of para-hydroxylation sites is 2. The summed E-state index contributed by atoms with van der Waals surface area (Å²) in [5.41, 5.74) is 4.42. The van der Waals surface area contributed by atoms with E-state index in [1.165, 1.54) is 11.4 Å². The molecule has 1 aliphatic rings. The third-order valence-electron chi connectivity index (χ3n) is 4.11. The molecule has 0 amide bonds. The van der Waals surface area contributed by atoms with Crippen LogP contribution in [0.5, 0.6) is 0 Å². The van der Waals surface area contributed by atoms with E-state index in [4.69, 9.17) is 11.6 Å². The Morgan fingerprint density at radius 2 is 2.14 bits per heavy atom. The fourth-order valence-corrected chi connectivity index (χ4v) is 3.10. The third kappa shape index (κ3) is 2.48. The van der Waals surface area contributed by atoms with Crippen molar-refractivity contribution in [2.24, 2.45) is 0 Å². The zero-order valence-corrected chi connectivity index (χ0v) is 13.5. The maximum absolute atomic E-state index is 6.46. The molecule has 5 heteroatoms. The first kappa shape index (κ1) is 14.3. The molecule has 112 valence electrons. The molecule has 0 saturated carbocycles. The molecule has 0 aliphatic carbocycles. The Hall–Kier alpha value is -1.68. The van der Waals surface area contributed by atoms with E-state index in [9.17, 15) is 0 Å². The van der Waals surface area contributed by atoms with Crippen molar-refractivity contribution < 1.29 is 0 Å². The summed E-state index contributed by atoms with van der Waals surface area (Å²) in [6.45, 7) is 8.86. The Kier molecular flexibility index (Phi) is 3.81. The van der Waals surface area contributed by atoms with Crippen LogP contribution in [0.4, 0.5) is 11.4 Å². The third-order valence-corrected chi connectivity index (χ3v) is 4.60. The van der Waals surface area contributed by atoms with Gasteiger partial charge in [-0.15, -0.1) is 0 Å². The molecule has 2 aromatic rings. The number of nitrogens with one attached hydrogen (secondary N) is 1. The molecule has 1 aromatic carbocycles. The highest BCUT2D eigenvalue weighted by molar-refractivity contribution is 6.31. The van der Waals surface area contributed by atoms with Crippen molar-refractivity contribution in [2.75, 3.05) is 16.8 Å². The minimum atomic E-state index is 0.413. The van der Waals surface area contributed by atoms with Crippen LogP contribution >= 0.6 is 11.6 Å². The van der Waals surface area contributed by atoms with E-state index in [1.54, 1.807) is 0 Å². The largest absolute Gasteiger partial charge is 0.381 e. The molecule has 0 saturated heterocycles. The van der Waals surface area contributed by atoms with Gasteiger partial charge in [-0.3, -0.25) is 4.68 Å². The predicted molar refractivity (Wildman–Crippen MR) is 88.2 cm³/mol. The molecule has 0 radical (unpaired) electrons. The summed E-state index contributed by atoms with van der Waals surface area (Å²) in [7, 11) is 0. The first-order valence-corrected chi connectivity index (χ1v) is 7.81. The topological polar surface area (TPSA) is 33.1 Å². The van der Waals surface area contributed by atoms with Crippen molar-refractivity contribution >= 4 is 23.0 Å². The lowest BCUT2D eigenvalue weighted by Gasteiger charge is -2.37. The van der Waals surface area contributed by atoms with Crippen LogP contribution in [0.25, 0.3) is 0 Å². The average Bonchev–Trinajstić information content (AvgIpc) is 2.77. The standard InChI is InChI=1S/C16H21ClN4/c1-4-21-15(16(17)12(3)19-21)10-20-11(2)9-18-13-7-5-6-8-14(13)20/h5-8,11,18H,4,9-10H2,1-3H3. The highest BCUT2D eigenvalue weighted by Crippen LogP contribution is 2.33. The Labute approximate surface area is 130 Å². The van der Waals surface area contributed by atoms with Crippen molar-refractivity contribution in [2.45, 2.75) is 39.9 Å². The molecule has 1 aromatic heterocycles. The summed E-state index contributed by atoms with van der Waals surface area (Å²) in [6.07, 6.45) is 0. The molecule has 4 nitrogen and oxygen atoms in total. The first-order chi connectivity index (χ1) is 10.1. The number of fused-ring (bicyclic) bond motifs is 1. The number of hydrogen-bond donors (Lipinski definition) is 1. The van der Waals surface area contributed by atoms with Gasteiger partial charge in [-0.2, -0.15) is 5.10 Å². The van der Waals surface area contributed by atoms with E-state index in [2.05, 4.69) is 53.4 Å². The van der Waals surface area contributed by atoms with Crippen LogP contribution in [-0.2, 0) is 13.1 Å². The maximum Gasteiger partial charge on any atom is 0.0865 e. The number of benzene rings is 1. The van der Waals surface area contributed by atoms with Gasteiger partial charge in [0, 0.05) is 19.1 Å². The average molecular weight is 305 g/mol. The molecule has 1 N–H and O–H groups in total. The number of hydrogen-bond acceptors (Lipinski definition) is 3. The second kappa shape index (κ2) is 5.60. The zero-order valence-electron chi connectivity index (χ0n) is 12.7. The molecule has 1 atom stereocenters. The van der Waals surface area contributed by atoms with E-state index in [-0.39, 0.29) is 0 Å². The number of nitrogens with zero attached hydrogens (tertiary/aromatic N) is 3. The van der Waals surface area contributed by atoms with Crippen LogP contribution in [0.3, 0.4) is 0 Å². The highest BCUT2D eigenvalue weighted by Gasteiger charge is 2.25. The van der Waals surface area contributed by atoms with Gasteiger partial charge in [0.05, 0.1) is 34.3 Å². The zero-order chi connectivity index (χ0) is 15.0. The minimum absolute atomic E-state index is 0.413. The summed E-state index contributed by atoms with van der Waals surface area (Å²) >= 11 is 6.46. The van der Waals surface area contributed by atoms with Gasteiger partial charge in [0.15, 0.2) is 0 Å². The summed E-state index contributed by atoms with van der Waals surface area (Å²) in [5.74, 6) is 0. The highest BCUT2D eigenvalue weighted by atomic mass is 35.5. The molecule has 1 aliphatic heterocycles. The van der Waals surface area contributed by atoms with Gasteiger partial charge in [0.1, 0.15) is 0 Å². The summed E-state index contributed by atoms with van der Waals surface area (Å²) in [5, 5.41) is 8.79. The van der Waals surface area contributed by atoms with Crippen LogP contribution in [0.2, 0.25) is 5.02 Å². The van der Waals surface area contributed by atoms with Crippen LogP contribution in [-0.4, -0.2) is 22.4 Å². The van der Waals surface area contributed by atoms with Gasteiger partial charge < -0.3 is 10.2 Å². The lowest BCUT2D eigenvalue weighted by molar-refractivity contribution is 0.576. The van der Waals surface area contributed by atoms with E-state index in [1.807, 2.05) is 11.6 Å². The monoisotopic (exact) mass is 304 g/mol. The number of halogens is 1. The predicted octanol–water partition coefficient (Wildman–Crippen LogP) is 3.69. The lowest BCUT2D eigenvalue weighted by Crippen LogP contribution is -2.42. The molecule has 3 rings (SSSR count).